The number of imidazole rings is 2. The smallest absolute Gasteiger partial charge is 0.501 e. The van der Waals surface area contributed by atoms with Gasteiger partial charge in [0.05, 0.1) is 17.2 Å². The molecule has 0 bridgehead atoms. The van der Waals surface area contributed by atoms with Gasteiger partial charge in [-0.3, -0.25) is 9.97 Å². The van der Waals surface area contributed by atoms with E-state index in [-0.39, 0.29) is 20.1 Å². The Morgan fingerprint density at radius 3 is 1.95 bits per heavy atom. The summed E-state index contributed by atoms with van der Waals surface area (Å²) in [6.45, 7) is 9.00. The summed E-state index contributed by atoms with van der Waals surface area (Å²) in [5.41, 5.74) is 14.7. The molecule has 0 saturated heterocycles. The second kappa shape index (κ2) is 21.6. The number of benzene rings is 8. The molecule has 0 fully saturated rings. The number of fused-ring (bicyclic) bond motifs is 6. The van der Waals surface area contributed by atoms with Crippen LogP contribution in [0.4, 0.5) is 0 Å². The zero-order chi connectivity index (χ0) is 49.1. The molecule has 12 rings (SSSR count). The zero-order valence-electron chi connectivity index (χ0n) is 41.9. The predicted molar refractivity (Wildman–Crippen MR) is 296 cm³/mol. The summed E-state index contributed by atoms with van der Waals surface area (Å²) in [5.74, 6) is 2.56. The van der Waals surface area contributed by atoms with Gasteiger partial charge >= 0.3 is 20.1 Å². The zero-order valence-corrected chi connectivity index (χ0v) is 44.3. The topological polar surface area (TPSA) is 61.7 Å². The first-order chi connectivity index (χ1) is 35.3. The van der Waals surface area contributed by atoms with Crippen molar-refractivity contribution in [3.8, 4) is 39.7 Å². The van der Waals surface area contributed by atoms with Crippen molar-refractivity contribution in [2.75, 3.05) is 0 Å². The van der Waals surface area contributed by atoms with Crippen LogP contribution >= 0.6 is 0 Å². The summed E-state index contributed by atoms with van der Waals surface area (Å²) in [7, 11) is 2.01. The first-order valence-electron chi connectivity index (χ1n) is 25.1. The molecular weight excluding hydrogens is 1070 g/mol. The summed E-state index contributed by atoms with van der Waals surface area (Å²) in [4.78, 5) is 13.9. The molecule has 4 heterocycles. The summed E-state index contributed by atoms with van der Waals surface area (Å²) in [5, 5.41) is 7.08. The fourth-order valence-corrected chi connectivity index (χ4v) is 10.0. The molecule has 0 unspecified atom stereocenters. The van der Waals surface area contributed by atoms with Crippen molar-refractivity contribution < 1.29 is 24.5 Å². The number of aromatic nitrogens is 5. The van der Waals surface area contributed by atoms with Gasteiger partial charge in [0, 0.05) is 49.1 Å². The molecule has 0 aliphatic carbocycles. The van der Waals surface area contributed by atoms with E-state index in [4.69, 9.17) is 9.40 Å². The normalized spacial score (nSPS) is 11.4. The van der Waals surface area contributed by atoms with Gasteiger partial charge in [0.25, 0.3) is 0 Å². The minimum Gasteiger partial charge on any atom is -0.501 e. The van der Waals surface area contributed by atoms with E-state index < -0.39 is 0 Å². The SMILES string of the molecule is CC(C)c1cccc(C(C)C)c1-n1ccnc1-c1[c-]ccc2c1oc1cc3c(ccc4ccccc43)cc12.Cn1ccnc1-c1[c-]cc(CCc2cccc(CCc3ccc(-c4[c-]cccc4)nc3)c2)cc1.[Ir+3]. The van der Waals surface area contributed by atoms with E-state index in [1.54, 1.807) is 0 Å². The van der Waals surface area contributed by atoms with Crippen molar-refractivity contribution in [2.45, 2.75) is 65.2 Å². The van der Waals surface area contributed by atoms with Gasteiger partial charge in [0.1, 0.15) is 5.58 Å². The van der Waals surface area contributed by atoms with Gasteiger partial charge in [0.2, 0.25) is 0 Å². The molecule has 0 radical (unpaired) electrons. The first-order valence-corrected chi connectivity index (χ1v) is 25.1. The first kappa shape index (κ1) is 48.9. The van der Waals surface area contributed by atoms with Crippen molar-refractivity contribution in [1.29, 1.82) is 0 Å². The molecular formula is C66H56IrN5O. The average Bonchev–Trinajstić information content (AvgIpc) is 4.18. The van der Waals surface area contributed by atoms with Crippen molar-refractivity contribution in [1.82, 2.24) is 24.1 Å². The molecule has 4 aromatic heterocycles. The van der Waals surface area contributed by atoms with Crippen LogP contribution in [0.15, 0.2) is 193 Å². The monoisotopic (exact) mass is 1130 g/mol. The van der Waals surface area contributed by atoms with Crippen molar-refractivity contribution >= 4 is 43.5 Å². The average molecular weight is 1130 g/mol. The second-order valence-corrected chi connectivity index (χ2v) is 19.4. The van der Waals surface area contributed by atoms with Crippen molar-refractivity contribution in [3.63, 3.8) is 0 Å². The molecule has 0 atom stereocenters. The molecule has 360 valence electrons. The van der Waals surface area contributed by atoms with Crippen LogP contribution in [0, 0.1) is 18.2 Å². The summed E-state index contributed by atoms with van der Waals surface area (Å²) < 4.78 is 10.9. The van der Waals surface area contributed by atoms with Gasteiger partial charge in [0.15, 0.2) is 0 Å². The number of pyridine rings is 1. The van der Waals surface area contributed by atoms with Crippen LogP contribution in [-0.2, 0) is 52.8 Å². The van der Waals surface area contributed by atoms with Crippen LogP contribution < -0.4 is 0 Å². The fraction of sp³-hybridized carbons (Fsp3) is 0.167. The van der Waals surface area contributed by atoms with Gasteiger partial charge < -0.3 is 18.5 Å². The maximum absolute atomic E-state index is 6.63. The third kappa shape index (κ3) is 10.2. The third-order valence-electron chi connectivity index (χ3n) is 13.9. The van der Waals surface area contributed by atoms with Gasteiger partial charge in [-0.15, -0.1) is 89.5 Å². The van der Waals surface area contributed by atoms with E-state index in [0.717, 1.165) is 81.7 Å². The number of nitrogens with zero attached hydrogens (tertiary/aromatic N) is 5. The van der Waals surface area contributed by atoms with Crippen molar-refractivity contribution in [3.05, 3.63) is 240 Å². The molecule has 6 nitrogen and oxygen atoms in total. The van der Waals surface area contributed by atoms with Crippen molar-refractivity contribution in [2.24, 2.45) is 7.05 Å². The molecule has 0 N–H and O–H groups in total. The van der Waals surface area contributed by atoms with Crippen LogP contribution in [0.3, 0.4) is 0 Å². The predicted octanol–water partition coefficient (Wildman–Crippen LogP) is 16.1. The van der Waals surface area contributed by atoms with Crippen LogP contribution in [-0.4, -0.2) is 24.1 Å². The molecule has 8 aromatic carbocycles. The Hall–Kier alpha value is -7.70. The molecule has 0 saturated carbocycles. The second-order valence-electron chi connectivity index (χ2n) is 19.4. The number of furan rings is 1. The minimum absolute atomic E-state index is 0. The van der Waals surface area contributed by atoms with E-state index in [2.05, 4.69) is 194 Å². The Labute approximate surface area is 441 Å². The summed E-state index contributed by atoms with van der Waals surface area (Å²) in [6.07, 6.45) is 13.7. The number of rotatable bonds is 12. The van der Waals surface area contributed by atoms with Gasteiger partial charge in [-0.2, -0.15) is 0 Å². The molecule has 0 amide bonds. The Balaban J connectivity index is 0.000000166. The number of hydrogen-bond acceptors (Lipinski definition) is 4. The van der Waals surface area contributed by atoms with E-state index >= 15 is 0 Å². The van der Waals surface area contributed by atoms with Crippen LogP contribution in [0.5, 0.6) is 0 Å². The van der Waals surface area contributed by atoms with E-state index in [0.29, 0.717) is 11.8 Å². The Morgan fingerprint density at radius 2 is 1.23 bits per heavy atom. The van der Waals surface area contributed by atoms with Gasteiger partial charge in [-0.25, -0.2) is 0 Å². The Kier molecular flexibility index (Phi) is 14.4. The third-order valence-corrected chi connectivity index (χ3v) is 13.9. The van der Waals surface area contributed by atoms with Crippen LogP contribution in [0.25, 0.3) is 83.2 Å². The summed E-state index contributed by atoms with van der Waals surface area (Å²) in [6, 6.07) is 65.8. The van der Waals surface area contributed by atoms with Crippen LogP contribution in [0.2, 0.25) is 0 Å². The van der Waals surface area contributed by atoms with E-state index in [9.17, 15) is 0 Å². The Morgan fingerprint density at radius 1 is 0.521 bits per heavy atom. The van der Waals surface area contributed by atoms with E-state index in [1.165, 1.54) is 60.6 Å². The maximum atomic E-state index is 6.63. The number of para-hydroxylation sites is 1. The molecule has 0 aliphatic heterocycles. The number of hydrogen-bond donors (Lipinski definition) is 0. The standard InChI is InChI=1S/C35H29N2O.C31H27N3.Ir/c1-21(2)25-11-7-12-26(22(3)4)33(25)37-18-17-36-35(37)29-14-8-13-28-31-19-24-16-15-23-9-5-6-10-27(23)30(24)20-32(31)38-34(28)29;1-34-21-20-32-31(34)29-17-14-24(15-18-29)10-11-25-6-5-7-26(22-25)12-13-27-16-19-30(33-23-27)28-8-3-2-4-9-28;/h5-13,15-22H,1-4H3;2-8,14-17,19-23H,10-13H2,1H3;/q-1;-2;+3. The van der Waals surface area contributed by atoms with Crippen LogP contribution in [0.1, 0.15) is 72.9 Å². The quantitative estimate of drug-likeness (QED) is 0.0903. The number of aryl methyl sites for hydroxylation is 5. The van der Waals surface area contributed by atoms with E-state index in [1.807, 2.05) is 66.7 Å². The summed E-state index contributed by atoms with van der Waals surface area (Å²) >= 11 is 0. The molecule has 73 heavy (non-hydrogen) atoms. The van der Waals surface area contributed by atoms with Gasteiger partial charge in [-0.1, -0.05) is 136 Å². The largest absolute Gasteiger partial charge is 3.00 e. The Bertz CT molecular complexity index is 3800. The maximum Gasteiger partial charge on any atom is 3.00 e. The molecule has 0 spiro atoms. The molecule has 12 aromatic rings. The molecule has 7 heteroatoms. The minimum atomic E-state index is 0. The van der Waals surface area contributed by atoms with Gasteiger partial charge in [-0.05, 0) is 98.3 Å². The molecule has 0 aliphatic rings. The fourth-order valence-electron chi connectivity index (χ4n) is 10.0.